The number of hydrogen-bond acceptors (Lipinski definition) is 6. The van der Waals surface area contributed by atoms with Gasteiger partial charge in [0, 0.05) is 31.5 Å². The van der Waals surface area contributed by atoms with Crippen LogP contribution in [0.4, 0.5) is 0 Å². The largest absolute Gasteiger partial charge is 0.425 e. The monoisotopic (exact) mass is 351 g/mol. The quantitative estimate of drug-likeness (QED) is 0.706. The lowest BCUT2D eigenvalue weighted by atomic mass is 9.96. The summed E-state index contributed by atoms with van der Waals surface area (Å²) in [6.07, 6.45) is 1.66. The third-order valence-electron chi connectivity index (χ3n) is 5.00. The summed E-state index contributed by atoms with van der Waals surface area (Å²) in [5.74, 6) is 1.53. The Morgan fingerprint density at radius 1 is 1.04 bits per heavy atom. The third-order valence-corrected chi connectivity index (χ3v) is 5.00. The summed E-state index contributed by atoms with van der Waals surface area (Å²) >= 11 is 0. The van der Waals surface area contributed by atoms with Crippen molar-refractivity contribution in [2.75, 3.05) is 13.1 Å². The summed E-state index contributed by atoms with van der Waals surface area (Å²) in [7, 11) is 0. The highest BCUT2D eigenvalue weighted by Crippen LogP contribution is 2.28. The molecule has 1 amide bonds. The molecule has 0 spiro atoms. The molecular weight excluding hydrogens is 330 g/mol. The first kappa shape index (κ1) is 16.6. The second kappa shape index (κ2) is 6.48. The first-order chi connectivity index (χ1) is 12.5. The van der Waals surface area contributed by atoms with E-state index in [9.17, 15) is 4.79 Å². The lowest BCUT2D eigenvalue weighted by molar-refractivity contribution is 0.0706. The van der Waals surface area contributed by atoms with Gasteiger partial charge in [0.2, 0.25) is 11.8 Å². The van der Waals surface area contributed by atoms with Gasteiger partial charge in [0.15, 0.2) is 0 Å². The Hall–Kier alpha value is -2.83. The van der Waals surface area contributed by atoms with Crippen LogP contribution in [0.2, 0.25) is 0 Å². The maximum Gasteiger partial charge on any atom is 0.253 e. The second-order valence-electron chi connectivity index (χ2n) is 6.82. The third kappa shape index (κ3) is 3.05. The Morgan fingerprint density at radius 2 is 1.73 bits per heavy atom. The lowest BCUT2D eigenvalue weighted by Crippen LogP contribution is -2.38. The molecule has 0 atom stereocenters. The minimum absolute atomic E-state index is 0.0343. The van der Waals surface area contributed by atoms with Crippen LogP contribution in [0.25, 0.3) is 11.0 Å². The van der Waals surface area contributed by atoms with Gasteiger partial charge in [-0.3, -0.25) is 4.79 Å². The summed E-state index contributed by atoms with van der Waals surface area (Å²) in [5, 5.41) is 8.01. The zero-order valence-electron chi connectivity index (χ0n) is 15.2. The van der Waals surface area contributed by atoms with Gasteiger partial charge in [0.05, 0.1) is 22.4 Å². The molecule has 0 aliphatic carbocycles. The lowest BCUT2D eigenvalue weighted by Gasteiger charge is -2.30. The minimum Gasteiger partial charge on any atom is -0.425 e. The van der Waals surface area contributed by atoms with Gasteiger partial charge in [0.25, 0.3) is 5.91 Å². The van der Waals surface area contributed by atoms with Gasteiger partial charge in [-0.15, -0.1) is 10.2 Å². The topological polar surface area (TPSA) is 85.0 Å². The van der Waals surface area contributed by atoms with E-state index in [4.69, 9.17) is 4.42 Å². The molecule has 7 heteroatoms. The van der Waals surface area contributed by atoms with Crippen LogP contribution in [0.3, 0.4) is 0 Å². The van der Waals surface area contributed by atoms with Gasteiger partial charge in [-0.25, -0.2) is 9.97 Å². The number of nitrogens with zero attached hydrogens (tertiary/aromatic N) is 5. The van der Waals surface area contributed by atoms with E-state index in [0.29, 0.717) is 30.4 Å². The first-order valence-electron chi connectivity index (χ1n) is 8.85. The summed E-state index contributed by atoms with van der Waals surface area (Å²) in [4.78, 5) is 23.8. The number of rotatable bonds is 2. The second-order valence-corrected chi connectivity index (χ2v) is 6.82. The maximum atomic E-state index is 12.9. The number of aryl methyl sites for hydroxylation is 3. The number of piperidine rings is 1. The minimum atomic E-state index is 0.0343. The first-order valence-corrected chi connectivity index (χ1v) is 8.85. The van der Waals surface area contributed by atoms with Gasteiger partial charge >= 0.3 is 0 Å². The van der Waals surface area contributed by atoms with Gasteiger partial charge in [-0.1, -0.05) is 0 Å². The number of fused-ring (bicyclic) bond motifs is 1. The molecule has 7 nitrogen and oxygen atoms in total. The summed E-state index contributed by atoms with van der Waals surface area (Å²) in [5.41, 5.74) is 4.03. The van der Waals surface area contributed by atoms with E-state index < -0.39 is 0 Å². The van der Waals surface area contributed by atoms with E-state index in [-0.39, 0.29) is 11.8 Å². The number of hydrogen-bond donors (Lipinski definition) is 0. The van der Waals surface area contributed by atoms with E-state index in [1.54, 1.807) is 6.92 Å². The van der Waals surface area contributed by atoms with Crippen molar-refractivity contribution < 1.29 is 9.21 Å². The Labute approximate surface area is 151 Å². The molecule has 26 heavy (non-hydrogen) atoms. The fraction of sp³-hybridized carbons (Fsp3) is 0.421. The van der Waals surface area contributed by atoms with Crippen molar-refractivity contribution in [2.24, 2.45) is 0 Å². The predicted octanol–water partition coefficient (Wildman–Crippen LogP) is 2.96. The van der Waals surface area contributed by atoms with Crippen LogP contribution in [0.1, 0.15) is 52.3 Å². The fourth-order valence-electron chi connectivity index (χ4n) is 3.35. The van der Waals surface area contributed by atoms with Crippen molar-refractivity contribution in [3.8, 4) is 0 Å². The average Bonchev–Trinajstić information content (AvgIpc) is 3.08. The van der Waals surface area contributed by atoms with E-state index in [2.05, 4.69) is 20.2 Å². The molecule has 1 fully saturated rings. The highest BCUT2D eigenvalue weighted by Gasteiger charge is 2.27. The molecular formula is C19H21N5O2. The van der Waals surface area contributed by atoms with Crippen molar-refractivity contribution in [3.05, 3.63) is 46.9 Å². The van der Waals surface area contributed by atoms with Crippen molar-refractivity contribution in [3.63, 3.8) is 0 Å². The molecule has 0 N–H and O–H groups in total. The molecule has 134 valence electrons. The molecule has 1 aromatic carbocycles. The zero-order chi connectivity index (χ0) is 18.3. The molecule has 3 aromatic rings. The smallest absolute Gasteiger partial charge is 0.253 e. The average molecular weight is 351 g/mol. The number of amides is 1. The summed E-state index contributed by atoms with van der Waals surface area (Å²) < 4.78 is 5.53. The van der Waals surface area contributed by atoms with E-state index in [0.717, 1.165) is 35.3 Å². The van der Waals surface area contributed by atoms with Gasteiger partial charge < -0.3 is 9.32 Å². The van der Waals surface area contributed by atoms with E-state index in [1.807, 2.05) is 36.9 Å². The number of benzene rings is 1. The van der Waals surface area contributed by atoms with Crippen molar-refractivity contribution in [1.29, 1.82) is 0 Å². The molecule has 0 radical (unpaired) electrons. The van der Waals surface area contributed by atoms with Crippen LogP contribution in [0, 0.1) is 20.8 Å². The predicted molar refractivity (Wildman–Crippen MR) is 95.9 cm³/mol. The Balaban J connectivity index is 1.49. The zero-order valence-corrected chi connectivity index (χ0v) is 15.2. The van der Waals surface area contributed by atoms with Crippen LogP contribution >= 0.6 is 0 Å². The molecule has 0 bridgehead atoms. The maximum absolute atomic E-state index is 12.9. The number of carbonyl (C=O) groups excluding carboxylic acids is 1. The van der Waals surface area contributed by atoms with Crippen LogP contribution in [0.15, 0.2) is 22.6 Å². The van der Waals surface area contributed by atoms with Crippen molar-refractivity contribution in [1.82, 2.24) is 25.1 Å². The molecule has 4 rings (SSSR count). The standard InChI is InChI=1S/C19H21N5O2/c1-11-12(2)21-17-10-15(4-5-16(17)20-11)19(25)24-8-6-14(7-9-24)18-23-22-13(3)26-18/h4-5,10,14H,6-9H2,1-3H3. The van der Waals surface area contributed by atoms with Gasteiger partial charge in [-0.05, 0) is 44.9 Å². The molecule has 3 heterocycles. The van der Waals surface area contributed by atoms with Gasteiger partial charge in [0.1, 0.15) is 0 Å². The molecule has 2 aromatic heterocycles. The number of likely N-dealkylation sites (tertiary alicyclic amines) is 1. The van der Waals surface area contributed by atoms with Crippen LogP contribution < -0.4 is 0 Å². The molecule has 0 unspecified atom stereocenters. The highest BCUT2D eigenvalue weighted by atomic mass is 16.4. The Bertz CT molecular complexity index is 973. The van der Waals surface area contributed by atoms with Crippen LogP contribution in [-0.2, 0) is 0 Å². The Morgan fingerprint density at radius 3 is 2.38 bits per heavy atom. The highest BCUT2D eigenvalue weighted by molar-refractivity contribution is 5.97. The number of carbonyl (C=O) groups is 1. The van der Waals surface area contributed by atoms with E-state index in [1.165, 1.54) is 0 Å². The van der Waals surface area contributed by atoms with Gasteiger partial charge in [-0.2, -0.15) is 0 Å². The van der Waals surface area contributed by atoms with E-state index >= 15 is 0 Å². The van der Waals surface area contributed by atoms with Crippen LogP contribution in [-0.4, -0.2) is 44.1 Å². The van der Waals surface area contributed by atoms with Crippen molar-refractivity contribution in [2.45, 2.75) is 39.5 Å². The SMILES string of the molecule is Cc1nnc(C2CCN(C(=O)c3ccc4nc(C)c(C)nc4c3)CC2)o1. The van der Waals surface area contributed by atoms with Crippen molar-refractivity contribution >= 4 is 16.9 Å². The molecule has 1 saturated heterocycles. The molecule has 0 saturated carbocycles. The molecule has 1 aliphatic heterocycles. The summed E-state index contributed by atoms with van der Waals surface area (Å²) in [6, 6.07) is 5.54. The Kier molecular flexibility index (Phi) is 4.14. The number of aromatic nitrogens is 4. The summed E-state index contributed by atoms with van der Waals surface area (Å²) in [6.45, 7) is 7.03. The fourth-order valence-corrected chi connectivity index (χ4v) is 3.35. The normalized spacial score (nSPS) is 15.6. The molecule has 1 aliphatic rings. The van der Waals surface area contributed by atoms with Crippen LogP contribution in [0.5, 0.6) is 0 Å².